The Morgan fingerprint density at radius 3 is 3.00 bits per heavy atom. The minimum atomic E-state index is 0.662. The van der Waals surface area contributed by atoms with Crippen LogP contribution in [0.3, 0.4) is 0 Å². The van der Waals surface area contributed by atoms with Crippen LogP contribution >= 0.6 is 0 Å². The van der Waals surface area contributed by atoms with Crippen molar-refractivity contribution in [2.24, 2.45) is 5.92 Å². The zero-order chi connectivity index (χ0) is 11.8. The number of hydrogen-bond donors (Lipinski definition) is 1. The molecule has 1 fully saturated rings. The molecule has 96 valence electrons. The highest BCUT2D eigenvalue weighted by molar-refractivity contribution is 4.80. The Labute approximate surface area is 101 Å². The van der Waals surface area contributed by atoms with Crippen LogP contribution in [0.5, 0.6) is 0 Å². The fourth-order valence-corrected chi connectivity index (χ4v) is 2.62. The van der Waals surface area contributed by atoms with E-state index in [9.17, 15) is 0 Å². The van der Waals surface area contributed by atoms with Crippen molar-refractivity contribution in [1.82, 2.24) is 10.2 Å². The van der Waals surface area contributed by atoms with Crippen molar-refractivity contribution in [1.29, 1.82) is 0 Å². The lowest BCUT2D eigenvalue weighted by atomic mass is 9.91. The van der Waals surface area contributed by atoms with Crippen LogP contribution in [0.25, 0.3) is 0 Å². The molecule has 3 nitrogen and oxygen atoms in total. The van der Waals surface area contributed by atoms with E-state index in [0.717, 1.165) is 19.1 Å². The summed E-state index contributed by atoms with van der Waals surface area (Å²) in [7, 11) is 1.78. The van der Waals surface area contributed by atoms with Crippen molar-refractivity contribution in [3.8, 4) is 0 Å². The molecule has 0 bridgehead atoms. The van der Waals surface area contributed by atoms with Gasteiger partial charge in [-0.05, 0) is 45.2 Å². The second-order valence-corrected chi connectivity index (χ2v) is 4.90. The molecule has 0 radical (unpaired) electrons. The first kappa shape index (κ1) is 13.9. The Hall–Kier alpha value is -0.120. The molecule has 1 N–H and O–H groups in total. The molecule has 0 spiro atoms. The number of nitrogens with one attached hydrogen (secondary N) is 1. The van der Waals surface area contributed by atoms with E-state index in [1.807, 2.05) is 0 Å². The first-order chi connectivity index (χ1) is 7.77. The van der Waals surface area contributed by atoms with E-state index in [1.165, 1.54) is 38.9 Å². The fraction of sp³-hybridized carbons (Fsp3) is 1.00. The van der Waals surface area contributed by atoms with Gasteiger partial charge in [0.2, 0.25) is 0 Å². The predicted octanol–water partition coefficient (Wildman–Crippen LogP) is 1.73. The van der Waals surface area contributed by atoms with Crippen LogP contribution in [0.4, 0.5) is 0 Å². The van der Waals surface area contributed by atoms with Gasteiger partial charge >= 0.3 is 0 Å². The van der Waals surface area contributed by atoms with E-state index in [1.54, 1.807) is 7.11 Å². The smallest absolute Gasteiger partial charge is 0.0474 e. The lowest BCUT2D eigenvalue weighted by Crippen LogP contribution is -2.44. The second-order valence-electron chi connectivity index (χ2n) is 4.90. The van der Waals surface area contributed by atoms with Crippen molar-refractivity contribution in [2.75, 3.05) is 39.9 Å². The molecular formula is C13H28N2O. The molecule has 2 unspecified atom stereocenters. The summed E-state index contributed by atoms with van der Waals surface area (Å²) in [6.07, 6.45) is 3.90. The van der Waals surface area contributed by atoms with Gasteiger partial charge in [0.25, 0.3) is 0 Å². The third-order valence-electron chi connectivity index (χ3n) is 3.60. The summed E-state index contributed by atoms with van der Waals surface area (Å²) in [5.41, 5.74) is 0. The molecule has 16 heavy (non-hydrogen) atoms. The van der Waals surface area contributed by atoms with E-state index < -0.39 is 0 Å². The number of piperidine rings is 1. The molecular weight excluding hydrogens is 200 g/mol. The molecule has 0 saturated carbocycles. The number of nitrogens with zero attached hydrogens (tertiary/aromatic N) is 1. The molecule has 3 heteroatoms. The summed E-state index contributed by atoms with van der Waals surface area (Å²) in [5.74, 6) is 0.830. The van der Waals surface area contributed by atoms with Gasteiger partial charge < -0.3 is 15.0 Å². The van der Waals surface area contributed by atoms with Gasteiger partial charge in [0.1, 0.15) is 0 Å². The van der Waals surface area contributed by atoms with E-state index in [4.69, 9.17) is 4.74 Å². The third-order valence-corrected chi connectivity index (χ3v) is 3.60. The molecule has 0 aromatic heterocycles. The molecule has 2 atom stereocenters. The molecule has 1 aliphatic rings. The van der Waals surface area contributed by atoms with Crippen LogP contribution in [0, 0.1) is 5.92 Å². The first-order valence-corrected chi connectivity index (χ1v) is 6.72. The van der Waals surface area contributed by atoms with Gasteiger partial charge in [-0.1, -0.05) is 6.92 Å². The van der Waals surface area contributed by atoms with E-state index >= 15 is 0 Å². The largest absolute Gasteiger partial charge is 0.385 e. The molecule has 0 amide bonds. The van der Waals surface area contributed by atoms with Gasteiger partial charge in [-0.3, -0.25) is 0 Å². The molecule has 1 saturated heterocycles. The van der Waals surface area contributed by atoms with Gasteiger partial charge in [0, 0.05) is 32.8 Å². The number of methoxy groups -OCH3 is 1. The lowest BCUT2D eigenvalue weighted by Gasteiger charge is -2.36. The Morgan fingerprint density at radius 1 is 1.50 bits per heavy atom. The maximum absolute atomic E-state index is 5.11. The topological polar surface area (TPSA) is 24.5 Å². The number of rotatable bonds is 7. The van der Waals surface area contributed by atoms with Crippen molar-refractivity contribution in [2.45, 2.75) is 39.2 Å². The van der Waals surface area contributed by atoms with Crippen LogP contribution in [0.2, 0.25) is 0 Å². The highest BCUT2D eigenvalue weighted by Gasteiger charge is 2.23. The molecule has 0 aromatic carbocycles. The minimum Gasteiger partial charge on any atom is -0.385 e. The normalized spacial score (nSPS) is 24.6. The summed E-state index contributed by atoms with van der Waals surface area (Å²) < 4.78 is 5.11. The summed E-state index contributed by atoms with van der Waals surface area (Å²) >= 11 is 0. The average molecular weight is 228 g/mol. The van der Waals surface area contributed by atoms with E-state index in [0.29, 0.717) is 6.04 Å². The quantitative estimate of drug-likeness (QED) is 0.672. The van der Waals surface area contributed by atoms with Crippen LogP contribution in [-0.2, 0) is 4.74 Å². The standard InChI is InChI=1S/C13H28N2O/c1-4-14-12(2)13-7-5-8-15(11-13)9-6-10-16-3/h12-14H,4-11H2,1-3H3. The molecule has 1 heterocycles. The van der Waals surface area contributed by atoms with Gasteiger partial charge in [-0.2, -0.15) is 0 Å². The average Bonchev–Trinajstić information content (AvgIpc) is 2.30. The monoisotopic (exact) mass is 228 g/mol. The zero-order valence-corrected chi connectivity index (χ0v) is 11.2. The zero-order valence-electron chi connectivity index (χ0n) is 11.2. The molecule has 0 aliphatic carbocycles. The Bertz CT molecular complexity index is 175. The lowest BCUT2D eigenvalue weighted by molar-refractivity contribution is 0.128. The summed E-state index contributed by atoms with van der Waals surface area (Å²) in [6.45, 7) is 10.2. The van der Waals surface area contributed by atoms with Crippen molar-refractivity contribution in [3.05, 3.63) is 0 Å². The van der Waals surface area contributed by atoms with Crippen LogP contribution in [-0.4, -0.2) is 50.8 Å². The number of ether oxygens (including phenoxy) is 1. The van der Waals surface area contributed by atoms with Crippen LogP contribution in [0.1, 0.15) is 33.1 Å². The highest BCUT2D eigenvalue weighted by atomic mass is 16.5. The van der Waals surface area contributed by atoms with Crippen molar-refractivity contribution >= 4 is 0 Å². The molecule has 1 aliphatic heterocycles. The SMILES string of the molecule is CCNC(C)C1CCCN(CCCOC)C1. The Balaban J connectivity index is 2.23. The van der Waals surface area contributed by atoms with Gasteiger partial charge in [0.05, 0.1) is 0 Å². The third kappa shape index (κ3) is 4.81. The Morgan fingerprint density at radius 2 is 2.31 bits per heavy atom. The summed E-state index contributed by atoms with van der Waals surface area (Å²) in [6, 6.07) is 0.662. The second kappa shape index (κ2) is 8.04. The maximum atomic E-state index is 5.11. The number of likely N-dealkylation sites (tertiary alicyclic amines) is 1. The fourth-order valence-electron chi connectivity index (χ4n) is 2.62. The summed E-state index contributed by atoms with van der Waals surface area (Å²) in [4.78, 5) is 2.60. The maximum Gasteiger partial charge on any atom is 0.0474 e. The van der Waals surface area contributed by atoms with Crippen LogP contribution < -0.4 is 5.32 Å². The van der Waals surface area contributed by atoms with Crippen molar-refractivity contribution in [3.63, 3.8) is 0 Å². The molecule has 1 rings (SSSR count). The van der Waals surface area contributed by atoms with E-state index in [-0.39, 0.29) is 0 Å². The van der Waals surface area contributed by atoms with Crippen LogP contribution in [0.15, 0.2) is 0 Å². The predicted molar refractivity (Wildman–Crippen MR) is 68.8 cm³/mol. The number of hydrogen-bond acceptors (Lipinski definition) is 3. The van der Waals surface area contributed by atoms with Gasteiger partial charge in [-0.25, -0.2) is 0 Å². The molecule has 0 aromatic rings. The minimum absolute atomic E-state index is 0.662. The van der Waals surface area contributed by atoms with Gasteiger partial charge in [0.15, 0.2) is 0 Å². The van der Waals surface area contributed by atoms with Crippen molar-refractivity contribution < 1.29 is 4.74 Å². The first-order valence-electron chi connectivity index (χ1n) is 6.72. The van der Waals surface area contributed by atoms with Gasteiger partial charge in [-0.15, -0.1) is 0 Å². The Kier molecular flexibility index (Phi) is 7.01. The van der Waals surface area contributed by atoms with E-state index in [2.05, 4.69) is 24.1 Å². The summed E-state index contributed by atoms with van der Waals surface area (Å²) in [5, 5.41) is 3.55. The highest BCUT2D eigenvalue weighted by Crippen LogP contribution is 2.19.